The van der Waals surface area contributed by atoms with E-state index in [1.165, 1.54) is 61.7 Å². The molecule has 0 unspecified atom stereocenters. The molecule has 1 fully saturated rings. The quantitative estimate of drug-likeness (QED) is 0.304. The number of amides is 1. The molecule has 1 aliphatic rings. The van der Waals surface area contributed by atoms with Crippen molar-refractivity contribution in [1.29, 1.82) is 0 Å². The van der Waals surface area contributed by atoms with Crippen LogP contribution >= 0.6 is 23.2 Å². The molecule has 196 valence electrons. The standard InChI is InChI=1S/C26H28Cl2FN5O3/c1-33(26(35)37-23-16-18(27)6-8-20(23)28)24-10-11-30-25(32-24)31-19-7-9-22(21(29)17-19)36-15-5-14-34-12-3-2-4-13-34/h6-11,16-17H,2-5,12-15H2,1H3,(H,30,31,32). The van der Waals surface area contributed by atoms with E-state index in [-0.39, 0.29) is 28.3 Å². The topological polar surface area (TPSA) is 79.8 Å². The molecule has 37 heavy (non-hydrogen) atoms. The molecule has 0 spiro atoms. The van der Waals surface area contributed by atoms with Crippen LogP contribution in [-0.4, -0.2) is 54.2 Å². The van der Waals surface area contributed by atoms with Gasteiger partial charge in [0, 0.05) is 42.6 Å². The van der Waals surface area contributed by atoms with Crippen molar-refractivity contribution >= 4 is 46.7 Å². The number of halogens is 3. The highest BCUT2D eigenvalue weighted by molar-refractivity contribution is 6.34. The maximum absolute atomic E-state index is 14.6. The normalized spacial score (nSPS) is 13.7. The van der Waals surface area contributed by atoms with Gasteiger partial charge < -0.3 is 19.7 Å². The summed E-state index contributed by atoms with van der Waals surface area (Å²) in [5, 5.41) is 3.56. The fraction of sp³-hybridized carbons (Fsp3) is 0.346. The third-order valence-corrected chi connectivity index (χ3v) is 6.41. The molecule has 2 aromatic carbocycles. The van der Waals surface area contributed by atoms with Gasteiger partial charge in [-0.3, -0.25) is 4.90 Å². The monoisotopic (exact) mass is 547 g/mol. The van der Waals surface area contributed by atoms with E-state index < -0.39 is 11.9 Å². The molecule has 1 aromatic heterocycles. The van der Waals surface area contributed by atoms with Gasteiger partial charge in [0.2, 0.25) is 5.95 Å². The highest BCUT2D eigenvalue weighted by Crippen LogP contribution is 2.29. The Kier molecular flexibility index (Phi) is 9.38. The Morgan fingerprint density at radius 2 is 1.92 bits per heavy atom. The predicted molar refractivity (Wildman–Crippen MR) is 143 cm³/mol. The molecule has 3 aromatic rings. The van der Waals surface area contributed by atoms with Gasteiger partial charge in [-0.2, -0.15) is 4.98 Å². The van der Waals surface area contributed by atoms with Crippen LogP contribution in [0.1, 0.15) is 25.7 Å². The average molecular weight is 548 g/mol. The number of benzene rings is 2. The Morgan fingerprint density at radius 3 is 2.70 bits per heavy atom. The van der Waals surface area contributed by atoms with Crippen LogP contribution in [0.15, 0.2) is 48.7 Å². The zero-order chi connectivity index (χ0) is 26.2. The molecular formula is C26H28Cl2FN5O3. The van der Waals surface area contributed by atoms with E-state index in [9.17, 15) is 9.18 Å². The van der Waals surface area contributed by atoms with Gasteiger partial charge in [0.15, 0.2) is 17.3 Å². The van der Waals surface area contributed by atoms with Crippen LogP contribution in [0.25, 0.3) is 0 Å². The Balaban J connectivity index is 1.32. The second kappa shape index (κ2) is 12.9. The number of carbonyl (C=O) groups excluding carboxylic acids is 1. The van der Waals surface area contributed by atoms with E-state index in [0.29, 0.717) is 17.3 Å². The number of hydrogen-bond donors (Lipinski definition) is 1. The van der Waals surface area contributed by atoms with Gasteiger partial charge in [-0.15, -0.1) is 0 Å². The van der Waals surface area contributed by atoms with Crippen molar-refractivity contribution in [2.75, 3.05) is 43.5 Å². The molecule has 1 aliphatic heterocycles. The molecule has 8 nitrogen and oxygen atoms in total. The lowest BCUT2D eigenvalue weighted by molar-refractivity contribution is 0.203. The zero-order valence-electron chi connectivity index (χ0n) is 20.4. The van der Waals surface area contributed by atoms with E-state index in [2.05, 4.69) is 20.2 Å². The van der Waals surface area contributed by atoms with E-state index in [4.69, 9.17) is 32.7 Å². The van der Waals surface area contributed by atoms with Crippen LogP contribution < -0.4 is 19.7 Å². The van der Waals surface area contributed by atoms with Crippen LogP contribution in [0.4, 0.5) is 26.6 Å². The van der Waals surface area contributed by atoms with E-state index in [1.807, 2.05) is 0 Å². The van der Waals surface area contributed by atoms with Crippen LogP contribution in [0.2, 0.25) is 10.0 Å². The van der Waals surface area contributed by atoms with E-state index in [0.717, 1.165) is 26.1 Å². The molecule has 0 aliphatic carbocycles. The molecule has 4 rings (SSSR count). The Labute approximate surface area is 225 Å². The summed E-state index contributed by atoms with van der Waals surface area (Å²) in [5.41, 5.74) is 0.436. The summed E-state index contributed by atoms with van der Waals surface area (Å²) in [6, 6.07) is 10.7. The molecule has 1 amide bonds. The van der Waals surface area contributed by atoms with Gasteiger partial charge in [-0.05, 0) is 62.7 Å². The van der Waals surface area contributed by atoms with Crippen molar-refractivity contribution in [2.45, 2.75) is 25.7 Å². The lowest BCUT2D eigenvalue weighted by atomic mass is 10.1. The molecule has 0 bridgehead atoms. The van der Waals surface area contributed by atoms with Gasteiger partial charge >= 0.3 is 6.09 Å². The smallest absolute Gasteiger partial charge is 0.420 e. The van der Waals surface area contributed by atoms with Gasteiger partial charge in [0.05, 0.1) is 11.6 Å². The number of likely N-dealkylation sites (tertiary alicyclic amines) is 1. The van der Waals surface area contributed by atoms with Gasteiger partial charge in [-0.25, -0.2) is 14.2 Å². The summed E-state index contributed by atoms with van der Waals surface area (Å²) in [6.07, 6.45) is 5.39. The van der Waals surface area contributed by atoms with Crippen molar-refractivity contribution in [3.8, 4) is 11.5 Å². The second-order valence-electron chi connectivity index (χ2n) is 8.61. The zero-order valence-corrected chi connectivity index (χ0v) is 21.9. The van der Waals surface area contributed by atoms with Crippen LogP contribution in [0, 0.1) is 5.82 Å². The van der Waals surface area contributed by atoms with Crippen molar-refractivity contribution < 1.29 is 18.7 Å². The summed E-state index contributed by atoms with van der Waals surface area (Å²) in [6.45, 7) is 3.67. The van der Waals surface area contributed by atoms with E-state index >= 15 is 0 Å². The average Bonchev–Trinajstić information content (AvgIpc) is 2.90. The first-order chi connectivity index (χ1) is 17.9. The molecular weight excluding hydrogens is 520 g/mol. The molecule has 1 saturated heterocycles. The summed E-state index contributed by atoms with van der Waals surface area (Å²) in [5.74, 6) is 0.268. The lowest BCUT2D eigenvalue weighted by Crippen LogP contribution is -2.31. The number of anilines is 3. The summed E-state index contributed by atoms with van der Waals surface area (Å²) in [7, 11) is 1.49. The Hall–Kier alpha value is -3.14. The molecule has 11 heteroatoms. The fourth-order valence-corrected chi connectivity index (χ4v) is 4.20. The van der Waals surface area contributed by atoms with Gasteiger partial charge in [0.25, 0.3) is 0 Å². The molecule has 0 atom stereocenters. The molecule has 1 N–H and O–H groups in total. The summed E-state index contributed by atoms with van der Waals surface area (Å²) in [4.78, 5) is 24.7. The van der Waals surface area contributed by atoms with Crippen molar-refractivity contribution in [2.24, 2.45) is 0 Å². The van der Waals surface area contributed by atoms with Crippen molar-refractivity contribution in [1.82, 2.24) is 14.9 Å². The number of ether oxygens (including phenoxy) is 2. The number of nitrogens with zero attached hydrogens (tertiary/aromatic N) is 4. The van der Waals surface area contributed by atoms with Crippen LogP contribution in [-0.2, 0) is 0 Å². The fourth-order valence-electron chi connectivity index (χ4n) is 3.89. The Bertz CT molecular complexity index is 1230. The minimum atomic E-state index is -0.721. The molecule has 2 heterocycles. The first kappa shape index (κ1) is 26.9. The van der Waals surface area contributed by atoms with Crippen molar-refractivity contribution in [3.63, 3.8) is 0 Å². The molecule has 0 radical (unpaired) electrons. The van der Waals surface area contributed by atoms with Gasteiger partial charge in [-0.1, -0.05) is 29.6 Å². The first-order valence-corrected chi connectivity index (χ1v) is 12.8. The third-order valence-electron chi connectivity index (χ3n) is 5.86. The van der Waals surface area contributed by atoms with Crippen LogP contribution in [0.5, 0.6) is 11.5 Å². The minimum Gasteiger partial charge on any atom is -0.490 e. The maximum atomic E-state index is 14.6. The summed E-state index contributed by atoms with van der Waals surface area (Å²) >= 11 is 12.0. The maximum Gasteiger partial charge on any atom is 0.420 e. The van der Waals surface area contributed by atoms with E-state index in [1.54, 1.807) is 18.2 Å². The SMILES string of the molecule is CN(C(=O)Oc1cc(Cl)ccc1Cl)c1ccnc(Nc2ccc(OCCCN3CCCCC3)c(F)c2)n1. The third kappa shape index (κ3) is 7.67. The first-order valence-electron chi connectivity index (χ1n) is 12.0. The highest BCUT2D eigenvalue weighted by Gasteiger charge is 2.18. The Morgan fingerprint density at radius 1 is 1.11 bits per heavy atom. The van der Waals surface area contributed by atoms with Crippen molar-refractivity contribution in [3.05, 3.63) is 64.5 Å². The highest BCUT2D eigenvalue weighted by atomic mass is 35.5. The number of hydrogen-bond acceptors (Lipinski definition) is 7. The lowest BCUT2D eigenvalue weighted by Gasteiger charge is -2.26. The number of nitrogens with one attached hydrogen (secondary N) is 1. The van der Waals surface area contributed by atoms with Crippen LogP contribution in [0.3, 0.4) is 0 Å². The largest absolute Gasteiger partial charge is 0.490 e. The van der Waals surface area contributed by atoms with Gasteiger partial charge in [0.1, 0.15) is 5.82 Å². The summed E-state index contributed by atoms with van der Waals surface area (Å²) < 4.78 is 25.6. The number of piperidine rings is 1. The number of rotatable bonds is 9. The number of aromatic nitrogens is 2. The number of carbonyl (C=O) groups is 1. The predicted octanol–water partition coefficient (Wildman–Crippen LogP) is 6.56. The molecule has 0 saturated carbocycles. The minimum absolute atomic E-state index is 0.128. The second-order valence-corrected chi connectivity index (χ2v) is 9.46.